The molecule has 2 aromatic carbocycles. The first-order valence-electron chi connectivity index (χ1n) is 9.67. The first kappa shape index (κ1) is 20.2. The van der Waals surface area contributed by atoms with Gasteiger partial charge in [0, 0.05) is 36.8 Å². The number of carbonyl (C=O) groups excluding carboxylic acids is 2. The summed E-state index contributed by atoms with van der Waals surface area (Å²) < 4.78 is 7.14. The van der Waals surface area contributed by atoms with E-state index in [1.165, 1.54) is 11.8 Å². The number of anilines is 1. The zero-order valence-electron chi connectivity index (χ0n) is 16.9. The van der Waals surface area contributed by atoms with E-state index in [0.29, 0.717) is 29.5 Å². The van der Waals surface area contributed by atoms with Gasteiger partial charge in [-0.3, -0.25) is 9.59 Å². The van der Waals surface area contributed by atoms with E-state index in [2.05, 4.69) is 10.2 Å². The average Bonchev–Trinajstić information content (AvgIpc) is 3.37. The van der Waals surface area contributed by atoms with Gasteiger partial charge in [-0.1, -0.05) is 36.0 Å². The smallest absolute Gasteiger partial charge is 0.227 e. The summed E-state index contributed by atoms with van der Waals surface area (Å²) in [4.78, 5) is 26.5. The summed E-state index contributed by atoms with van der Waals surface area (Å²) in [6.45, 7) is 0.706. The van der Waals surface area contributed by atoms with Crippen molar-refractivity contribution in [1.29, 1.82) is 0 Å². The highest BCUT2D eigenvalue weighted by atomic mass is 32.2. The Morgan fingerprint density at radius 3 is 2.77 bits per heavy atom. The Bertz CT molecular complexity index is 1100. The summed E-state index contributed by atoms with van der Waals surface area (Å²) in [7, 11) is 3.50. The third-order valence-corrected chi connectivity index (χ3v) is 6.07. The second kappa shape index (κ2) is 8.71. The van der Waals surface area contributed by atoms with Gasteiger partial charge in [-0.15, -0.1) is 10.2 Å². The molecule has 154 valence electrons. The molecule has 4 rings (SSSR count). The molecular weight excluding hydrogens is 400 g/mol. The van der Waals surface area contributed by atoms with Crippen LogP contribution in [0.4, 0.5) is 5.69 Å². The molecule has 0 saturated carbocycles. The normalized spacial score (nSPS) is 13.7. The number of hydrogen-bond acceptors (Lipinski definition) is 6. The highest BCUT2D eigenvalue weighted by molar-refractivity contribution is 7.99. The van der Waals surface area contributed by atoms with Crippen LogP contribution in [0.5, 0.6) is 5.75 Å². The van der Waals surface area contributed by atoms with Crippen LogP contribution < -0.4 is 9.64 Å². The lowest BCUT2D eigenvalue weighted by Gasteiger charge is -2.16. The van der Waals surface area contributed by atoms with Gasteiger partial charge in [-0.25, -0.2) is 0 Å². The van der Waals surface area contributed by atoms with Gasteiger partial charge in [0.1, 0.15) is 5.75 Å². The number of ether oxygens (including phenoxy) is 1. The topological polar surface area (TPSA) is 77.3 Å². The van der Waals surface area contributed by atoms with E-state index >= 15 is 0 Å². The van der Waals surface area contributed by atoms with Gasteiger partial charge in [-0.05, 0) is 30.7 Å². The molecule has 0 spiro atoms. The van der Waals surface area contributed by atoms with E-state index in [1.54, 1.807) is 24.1 Å². The Morgan fingerprint density at radius 1 is 1.17 bits per heavy atom. The number of carbonyl (C=O) groups is 2. The molecule has 8 heteroatoms. The second-order valence-electron chi connectivity index (χ2n) is 7.01. The van der Waals surface area contributed by atoms with Crippen LogP contribution in [0.1, 0.15) is 23.2 Å². The summed E-state index contributed by atoms with van der Waals surface area (Å²) in [6.07, 6.45) is 1.42. The van der Waals surface area contributed by atoms with E-state index in [-0.39, 0.29) is 17.4 Å². The number of hydrogen-bond donors (Lipinski definition) is 0. The maximum absolute atomic E-state index is 12.7. The van der Waals surface area contributed by atoms with Crippen molar-refractivity contribution in [1.82, 2.24) is 14.8 Å². The standard InChI is InChI=1S/C22H22N4O3S/c1-25-21(16-7-4-9-18(13-16)29-2)23-24-22(25)30-14-19(27)15-6-3-8-17(12-15)26-11-5-10-20(26)28/h3-4,6-9,12-13H,5,10-11,14H2,1-2H3. The Balaban J connectivity index is 1.46. The molecule has 1 saturated heterocycles. The number of amides is 1. The Labute approximate surface area is 179 Å². The average molecular weight is 423 g/mol. The quantitative estimate of drug-likeness (QED) is 0.428. The minimum absolute atomic E-state index is 0.0144. The number of methoxy groups -OCH3 is 1. The zero-order chi connectivity index (χ0) is 21.1. The molecule has 0 radical (unpaired) electrons. The molecule has 7 nitrogen and oxygen atoms in total. The van der Waals surface area contributed by atoms with Crippen molar-refractivity contribution in [2.24, 2.45) is 7.05 Å². The molecule has 1 aliphatic heterocycles. The summed E-state index contributed by atoms with van der Waals surface area (Å²) in [6, 6.07) is 14.9. The summed E-state index contributed by atoms with van der Waals surface area (Å²) in [5.41, 5.74) is 2.27. The van der Waals surface area contributed by atoms with Gasteiger partial charge in [0.25, 0.3) is 0 Å². The van der Waals surface area contributed by atoms with Gasteiger partial charge in [0.05, 0.1) is 12.9 Å². The first-order chi connectivity index (χ1) is 14.6. The molecule has 0 atom stereocenters. The van der Waals surface area contributed by atoms with Crippen molar-refractivity contribution >= 4 is 29.1 Å². The highest BCUT2D eigenvalue weighted by Gasteiger charge is 2.22. The molecule has 30 heavy (non-hydrogen) atoms. The van der Waals surface area contributed by atoms with Crippen LogP contribution in [-0.4, -0.2) is 45.9 Å². The van der Waals surface area contributed by atoms with Crippen molar-refractivity contribution < 1.29 is 14.3 Å². The van der Waals surface area contributed by atoms with Crippen LogP contribution in [0.25, 0.3) is 11.4 Å². The maximum Gasteiger partial charge on any atom is 0.227 e. The molecule has 2 heterocycles. The number of thioether (sulfide) groups is 1. The van der Waals surface area contributed by atoms with Crippen molar-refractivity contribution in [3.8, 4) is 17.1 Å². The molecule has 1 aliphatic rings. The predicted octanol–water partition coefficient (Wildman–Crippen LogP) is 3.59. The molecule has 0 unspecified atom stereocenters. The predicted molar refractivity (Wildman–Crippen MR) is 116 cm³/mol. The second-order valence-corrected chi connectivity index (χ2v) is 7.95. The van der Waals surface area contributed by atoms with Crippen LogP contribution in [0, 0.1) is 0 Å². The molecular formula is C22H22N4O3S. The third-order valence-electron chi connectivity index (χ3n) is 5.05. The van der Waals surface area contributed by atoms with Gasteiger partial charge in [0.15, 0.2) is 16.8 Å². The Hall–Kier alpha value is -3.13. The van der Waals surface area contributed by atoms with Crippen LogP contribution in [0.2, 0.25) is 0 Å². The highest BCUT2D eigenvalue weighted by Crippen LogP contribution is 2.27. The number of Topliss-reactive ketones (excluding diaryl/α,β-unsaturated/α-hetero) is 1. The summed E-state index contributed by atoms with van der Waals surface area (Å²) in [5, 5.41) is 9.16. The van der Waals surface area contributed by atoms with Crippen molar-refractivity contribution in [3.63, 3.8) is 0 Å². The van der Waals surface area contributed by atoms with E-state index in [1.807, 2.05) is 48.0 Å². The van der Waals surface area contributed by atoms with Crippen molar-refractivity contribution in [2.75, 3.05) is 24.3 Å². The van der Waals surface area contributed by atoms with Crippen LogP contribution in [0.3, 0.4) is 0 Å². The first-order valence-corrected chi connectivity index (χ1v) is 10.7. The van der Waals surface area contributed by atoms with E-state index < -0.39 is 0 Å². The largest absolute Gasteiger partial charge is 0.497 e. The van der Waals surface area contributed by atoms with Gasteiger partial charge in [-0.2, -0.15) is 0 Å². The molecule has 1 fully saturated rings. The maximum atomic E-state index is 12.7. The molecule has 1 aromatic heterocycles. The number of nitrogens with zero attached hydrogens (tertiary/aromatic N) is 4. The summed E-state index contributed by atoms with van der Waals surface area (Å²) in [5.74, 6) is 1.79. The van der Waals surface area contributed by atoms with Gasteiger partial charge < -0.3 is 14.2 Å². The van der Waals surface area contributed by atoms with Crippen molar-refractivity contribution in [2.45, 2.75) is 18.0 Å². The monoisotopic (exact) mass is 422 g/mol. The molecule has 0 aliphatic carbocycles. The fourth-order valence-corrected chi connectivity index (χ4v) is 4.24. The van der Waals surface area contributed by atoms with Crippen LogP contribution in [0.15, 0.2) is 53.7 Å². The zero-order valence-corrected chi connectivity index (χ0v) is 17.7. The molecule has 3 aromatic rings. The SMILES string of the molecule is COc1cccc(-c2nnc(SCC(=O)c3cccc(N4CCCC4=O)c3)n2C)c1. The fourth-order valence-electron chi connectivity index (χ4n) is 3.44. The third kappa shape index (κ3) is 4.09. The molecule has 0 N–H and O–H groups in total. The Kier molecular flexibility index (Phi) is 5.85. The van der Waals surface area contributed by atoms with Gasteiger partial charge in [0.2, 0.25) is 5.91 Å². The Morgan fingerprint density at radius 2 is 2.00 bits per heavy atom. The van der Waals surface area contributed by atoms with E-state index in [4.69, 9.17) is 4.74 Å². The van der Waals surface area contributed by atoms with E-state index in [0.717, 1.165) is 23.4 Å². The number of ketones is 1. The van der Waals surface area contributed by atoms with Crippen LogP contribution in [-0.2, 0) is 11.8 Å². The van der Waals surface area contributed by atoms with Gasteiger partial charge >= 0.3 is 0 Å². The van der Waals surface area contributed by atoms with Crippen LogP contribution >= 0.6 is 11.8 Å². The number of benzene rings is 2. The lowest BCUT2D eigenvalue weighted by atomic mass is 10.1. The number of aromatic nitrogens is 3. The summed E-state index contributed by atoms with van der Waals surface area (Å²) >= 11 is 1.34. The molecule has 0 bridgehead atoms. The number of rotatable bonds is 7. The lowest BCUT2D eigenvalue weighted by Crippen LogP contribution is -2.23. The van der Waals surface area contributed by atoms with Crippen molar-refractivity contribution in [3.05, 3.63) is 54.1 Å². The van der Waals surface area contributed by atoms with E-state index in [9.17, 15) is 9.59 Å². The fraction of sp³-hybridized carbons (Fsp3) is 0.273. The minimum Gasteiger partial charge on any atom is -0.497 e. The lowest BCUT2D eigenvalue weighted by molar-refractivity contribution is -0.117. The minimum atomic E-state index is -0.0144. The molecule has 1 amide bonds.